The van der Waals surface area contributed by atoms with Crippen LogP contribution in [0.25, 0.3) is 10.9 Å². The van der Waals surface area contributed by atoms with Crippen LogP contribution in [0.4, 0.5) is 0 Å². The number of H-pyrrole nitrogens is 1. The van der Waals surface area contributed by atoms with Gasteiger partial charge in [-0.25, -0.2) is 0 Å². The lowest BCUT2D eigenvalue weighted by Gasteiger charge is -2.37. The highest BCUT2D eigenvalue weighted by molar-refractivity contribution is 5.86. The number of hydrogen-bond donors (Lipinski definition) is 2. The highest BCUT2D eigenvalue weighted by Gasteiger charge is 2.31. The van der Waals surface area contributed by atoms with Crippen LogP contribution in [0.15, 0.2) is 30.5 Å². The van der Waals surface area contributed by atoms with E-state index in [1.165, 1.54) is 0 Å². The summed E-state index contributed by atoms with van der Waals surface area (Å²) < 4.78 is 5.49. The molecule has 1 aliphatic rings. The molecule has 0 saturated carbocycles. The van der Waals surface area contributed by atoms with Gasteiger partial charge in [-0.2, -0.15) is 0 Å². The Kier molecular flexibility index (Phi) is 6.27. The minimum atomic E-state index is -0.514. The quantitative estimate of drug-likeness (QED) is 0.888. The number of likely N-dealkylation sites (tertiary alicyclic amines) is 1. The van der Waals surface area contributed by atoms with E-state index >= 15 is 0 Å². The molecule has 1 aromatic heterocycles. The number of amides is 1. The van der Waals surface area contributed by atoms with Crippen molar-refractivity contribution in [1.29, 1.82) is 0 Å². The maximum Gasteiger partial charge on any atom is 0.239 e. The predicted octanol–water partition coefficient (Wildman–Crippen LogP) is 2.34. The Balaban J connectivity index is 0.00000208. The molecule has 0 bridgehead atoms. The smallest absolute Gasteiger partial charge is 0.239 e. The monoisotopic (exact) mass is 351 g/mol. The van der Waals surface area contributed by atoms with E-state index in [1.54, 1.807) is 7.11 Å². The Bertz CT molecular complexity index is 688. The van der Waals surface area contributed by atoms with Gasteiger partial charge in [-0.1, -0.05) is 25.1 Å². The van der Waals surface area contributed by atoms with Crippen molar-refractivity contribution in [2.24, 2.45) is 11.7 Å². The Hall–Kier alpha value is -1.56. The molecular weight excluding hydrogens is 326 g/mol. The van der Waals surface area contributed by atoms with Gasteiger partial charge in [-0.05, 0) is 30.4 Å². The molecule has 0 radical (unpaired) electrons. The fourth-order valence-electron chi connectivity index (χ4n) is 3.40. The normalized spacial score (nSPS) is 22.2. The summed E-state index contributed by atoms with van der Waals surface area (Å²) in [5, 5.41) is 1.14. The number of hydrogen-bond acceptors (Lipinski definition) is 3. The minimum Gasteiger partial charge on any atom is -0.379 e. The molecule has 2 unspecified atom stereocenters. The van der Waals surface area contributed by atoms with Gasteiger partial charge in [0.25, 0.3) is 0 Å². The largest absolute Gasteiger partial charge is 0.379 e. The van der Waals surface area contributed by atoms with Gasteiger partial charge in [-0.3, -0.25) is 4.79 Å². The van der Waals surface area contributed by atoms with Gasteiger partial charge in [0.15, 0.2) is 0 Å². The van der Waals surface area contributed by atoms with Crippen LogP contribution in [0.1, 0.15) is 18.9 Å². The average molecular weight is 352 g/mol. The third-order valence-electron chi connectivity index (χ3n) is 4.94. The Morgan fingerprint density at radius 3 is 2.96 bits per heavy atom. The van der Waals surface area contributed by atoms with Crippen molar-refractivity contribution >= 4 is 29.2 Å². The van der Waals surface area contributed by atoms with Crippen LogP contribution >= 0.6 is 12.4 Å². The number of halogens is 1. The lowest BCUT2D eigenvalue weighted by Crippen LogP contribution is -2.52. The number of nitrogens with two attached hydrogens (primary N) is 1. The number of carbonyl (C=O) groups is 1. The van der Waals surface area contributed by atoms with E-state index in [0.29, 0.717) is 18.9 Å². The number of aromatic amines is 1. The van der Waals surface area contributed by atoms with E-state index in [4.69, 9.17) is 10.5 Å². The van der Waals surface area contributed by atoms with Crippen LogP contribution < -0.4 is 5.73 Å². The zero-order chi connectivity index (χ0) is 16.4. The number of piperidine rings is 1. The van der Waals surface area contributed by atoms with E-state index in [0.717, 1.165) is 29.4 Å². The summed E-state index contributed by atoms with van der Waals surface area (Å²) in [6.07, 6.45) is 3.57. The van der Waals surface area contributed by atoms with Crippen LogP contribution in [-0.4, -0.2) is 48.1 Å². The second-order valence-electron chi connectivity index (χ2n) is 6.49. The molecule has 1 aromatic carbocycles. The van der Waals surface area contributed by atoms with E-state index in [-0.39, 0.29) is 24.4 Å². The van der Waals surface area contributed by atoms with Crippen molar-refractivity contribution in [3.05, 3.63) is 36.0 Å². The van der Waals surface area contributed by atoms with Crippen LogP contribution in [0, 0.1) is 5.92 Å². The molecule has 132 valence electrons. The number of para-hydroxylation sites is 1. The van der Waals surface area contributed by atoms with Crippen LogP contribution in [0.2, 0.25) is 0 Å². The first-order chi connectivity index (χ1) is 11.1. The van der Waals surface area contributed by atoms with E-state index in [2.05, 4.69) is 18.0 Å². The molecule has 3 rings (SSSR count). The Morgan fingerprint density at radius 2 is 2.21 bits per heavy atom. The second-order valence-corrected chi connectivity index (χ2v) is 6.49. The van der Waals surface area contributed by atoms with Crippen LogP contribution in [0.5, 0.6) is 0 Å². The van der Waals surface area contributed by atoms with Gasteiger partial charge in [0.05, 0.1) is 12.1 Å². The molecule has 3 atom stereocenters. The number of benzene rings is 1. The summed E-state index contributed by atoms with van der Waals surface area (Å²) in [5.74, 6) is 0.498. The van der Waals surface area contributed by atoms with E-state index in [1.807, 2.05) is 29.3 Å². The van der Waals surface area contributed by atoms with Gasteiger partial charge in [-0.15, -0.1) is 12.4 Å². The lowest BCUT2D eigenvalue weighted by atomic mass is 9.95. The standard InChI is InChI=1S/C18H25N3O2.ClH/c1-12-7-8-21(11-17(12)23-2)18(22)15(19)9-13-10-20-16-6-4-3-5-14(13)16;/h3-6,10,12,15,17,20H,7-9,11,19H2,1-2H3;1H/t12?,15-,17?;/m0./s1. The predicted molar refractivity (Wildman–Crippen MR) is 98.4 cm³/mol. The van der Waals surface area contributed by atoms with Gasteiger partial charge in [0.1, 0.15) is 0 Å². The summed E-state index contributed by atoms with van der Waals surface area (Å²) >= 11 is 0. The van der Waals surface area contributed by atoms with Crippen LogP contribution in [-0.2, 0) is 16.0 Å². The van der Waals surface area contributed by atoms with Crippen molar-refractivity contribution in [3.8, 4) is 0 Å². The van der Waals surface area contributed by atoms with Crippen molar-refractivity contribution < 1.29 is 9.53 Å². The highest BCUT2D eigenvalue weighted by atomic mass is 35.5. The molecule has 0 aliphatic carbocycles. The van der Waals surface area contributed by atoms with E-state index < -0.39 is 6.04 Å². The molecule has 1 amide bonds. The number of nitrogens with one attached hydrogen (secondary N) is 1. The van der Waals surface area contributed by atoms with Crippen molar-refractivity contribution in [2.45, 2.75) is 31.9 Å². The van der Waals surface area contributed by atoms with Crippen molar-refractivity contribution in [2.75, 3.05) is 20.2 Å². The summed E-state index contributed by atoms with van der Waals surface area (Å²) in [7, 11) is 1.71. The van der Waals surface area contributed by atoms with E-state index in [9.17, 15) is 4.79 Å². The molecule has 1 saturated heterocycles. The number of rotatable bonds is 4. The SMILES string of the molecule is COC1CN(C(=O)[C@@H](N)Cc2c[nH]c3ccccc23)CCC1C.Cl. The zero-order valence-corrected chi connectivity index (χ0v) is 15.0. The number of aromatic nitrogens is 1. The number of methoxy groups -OCH3 is 1. The fourth-order valence-corrected chi connectivity index (χ4v) is 3.40. The van der Waals surface area contributed by atoms with Gasteiger partial charge in [0, 0.05) is 37.3 Å². The maximum absolute atomic E-state index is 12.7. The lowest BCUT2D eigenvalue weighted by molar-refractivity contribution is -0.137. The number of carbonyl (C=O) groups excluding carboxylic acids is 1. The summed E-state index contributed by atoms with van der Waals surface area (Å²) in [6, 6.07) is 7.57. The summed E-state index contributed by atoms with van der Waals surface area (Å²) in [5.41, 5.74) is 8.38. The van der Waals surface area contributed by atoms with Crippen LogP contribution in [0.3, 0.4) is 0 Å². The number of fused-ring (bicyclic) bond motifs is 1. The Morgan fingerprint density at radius 1 is 1.46 bits per heavy atom. The third kappa shape index (κ3) is 3.74. The molecule has 6 heteroatoms. The number of ether oxygens (including phenoxy) is 1. The average Bonchev–Trinajstić information content (AvgIpc) is 2.98. The van der Waals surface area contributed by atoms with Gasteiger partial charge < -0.3 is 20.4 Å². The summed E-state index contributed by atoms with van der Waals surface area (Å²) in [4.78, 5) is 17.8. The zero-order valence-electron chi connectivity index (χ0n) is 14.2. The maximum atomic E-state index is 12.7. The Labute approximate surface area is 148 Å². The highest BCUT2D eigenvalue weighted by Crippen LogP contribution is 2.22. The fraction of sp³-hybridized carbons (Fsp3) is 0.500. The first-order valence-electron chi connectivity index (χ1n) is 8.22. The van der Waals surface area contributed by atoms with Crippen molar-refractivity contribution in [3.63, 3.8) is 0 Å². The second kappa shape index (κ2) is 8.01. The minimum absolute atomic E-state index is 0. The molecule has 3 N–H and O–H groups in total. The molecule has 24 heavy (non-hydrogen) atoms. The first kappa shape index (κ1) is 18.8. The molecule has 5 nitrogen and oxygen atoms in total. The molecule has 0 spiro atoms. The first-order valence-corrected chi connectivity index (χ1v) is 8.22. The topological polar surface area (TPSA) is 71.3 Å². The molecular formula is C18H26ClN3O2. The number of nitrogens with zero attached hydrogens (tertiary/aromatic N) is 1. The molecule has 1 fully saturated rings. The summed E-state index contributed by atoms with van der Waals surface area (Å²) in [6.45, 7) is 3.57. The van der Waals surface area contributed by atoms with Crippen molar-refractivity contribution in [1.82, 2.24) is 9.88 Å². The van der Waals surface area contributed by atoms with Gasteiger partial charge in [0.2, 0.25) is 5.91 Å². The molecule has 2 heterocycles. The molecule has 2 aromatic rings. The van der Waals surface area contributed by atoms with Gasteiger partial charge >= 0.3 is 0 Å². The molecule has 1 aliphatic heterocycles. The third-order valence-corrected chi connectivity index (χ3v) is 4.94.